The van der Waals surface area contributed by atoms with Gasteiger partial charge in [0.05, 0.1) is 17.3 Å². The zero-order chi connectivity index (χ0) is 22.2. The van der Waals surface area contributed by atoms with Gasteiger partial charge in [0.1, 0.15) is 11.6 Å². The Bertz CT molecular complexity index is 1140. The van der Waals surface area contributed by atoms with Gasteiger partial charge in [-0.1, -0.05) is 18.2 Å². The van der Waals surface area contributed by atoms with E-state index in [2.05, 4.69) is 21.9 Å². The normalized spacial score (nSPS) is 20.2. The number of hydrogen-bond donors (Lipinski definition) is 0. The molecular formula is C25H30N6O2. The summed E-state index contributed by atoms with van der Waals surface area (Å²) in [6.45, 7) is 4.75. The molecule has 3 fully saturated rings. The van der Waals surface area contributed by atoms with Crippen molar-refractivity contribution in [2.75, 3.05) is 44.3 Å². The molecule has 1 amide bonds. The summed E-state index contributed by atoms with van der Waals surface area (Å²) in [6, 6.07) is 10.1. The number of para-hydroxylation sites is 1. The molecule has 0 unspecified atom stereocenters. The first-order valence-electron chi connectivity index (χ1n) is 12.2. The molecule has 0 bridgehead atoms. The van der Waals surface area contributed by atoms with Crippen LogP contribution in [0.15, 0.2) is 36.5 Å². The van der Waals surface area contributed by atoms with E-state index >= 15 is 0 Å². The number of fused-ring (bicyclic) bond motifs is 1. The van der Waals surface area contributed by atoms with Crippen molar-refractivity contribution >= 4 is 22.8 Å². The lowest BCUT2D eigenvalue weighted by atomic mass is 9.99. The molecule has 0 radical (unpaired) electrons. The molecule has 1 aromatic carbocycles. The van der Waals surface area contributed by atoms with Crippen molar-refractivity contribution in [3.05, 3.63) is 42.4 Å². The van der Waals surface area contributed by atoms with Crippen LogP contribution in [0.5, 0.6) is 0 Å². The van der Waals surface area contributed by atoms with Crippen LogP contribution >= 0.6 is 0 Å². The summed E-state index contributed by atoms with van der Waals surface area (Å²) < 4.78 is 7.51. The Balaban J connectivity index is 1.38. The van der Waals surface area contributed by atoms with Crippen molar-refractivity contribution in [1.29, 1.82) is 0 Å². The number of carbonyl (C=O) groups excluding carboxylic acids is 1. The molecule has 0 N–H and O–H groups in total. The maximum atomic E-state index is 12.6. The minimum absolute atomic E-state index is 0.270. The van der Waals surface area contributed by atoms with E-state index in [1.807, 2.05) is 29.1 Å². The number of amides is 1. The summed E-state index contributed by atoms with van der Waals surface area (Å²) in [6.07, 6.45) is 6.83. The van der Waals surface area contributed by atoms with Gasteiger partial charge in [0.15, 0.2) is 5.65 Å². The fourth-order valence-corrected chi connectivity index (χ4v) is 4.99. The Hall–Kier alpha value is -3.00. The van der Waals surface area contributed by atoms with E-state index in [0.717, 1.165) is 99.9 Å². The molecule has 8 heteroatoms. The lowest BCUT2D eigenvalue weighted by Crippen LogP contribution is -2.36. The number of rotatable bonds is 4. The largest absolute Gasteiger partial charge is 0.381 e. The second-order valence-electron chi connectivity index (χ2n) is 9.36. The molecule has 172 valence electrons. The third kappa shape index (κ3) is 4.08. The smallest absolute Gasteiger partial charge is 0.225 e. The SMILES string of the molecule is O=C(C1CC1)N1CCCN(c2nc(C3CCOCC3)nc3c2cnn3-c2ccccc2)CC1. The highest BCUT2D eigenvalue weighted by atomic mass is 16.5. The molecule has 1 saturated carbocycles. The van der Waals surface area contributed by atoms with E-state index in [4.69, 9.17) is 19.8 Å². The lowest BCUT2D eigenvalue weighted by molar-refractivity contribution is -0.132. The Kier molecular flexibility index (Phi) is 5.46. The molecule has 33 heavy (non-hydrogen) atoms. The number of ether oxygens (including phenoxy) is 1. The average molecular weight is 447 g/mol. The fourth-order valence-electron chi connectivity index (χ4n) is 4.99. The van der Waals surface area contributed by atoms with Gasteiger partial charge in [-0.3, -0.25) is 4.79 Å². The van der Waals surface area contributed by atoms with Gasteiger partial charge in [-0.25, -0.2) is 14.6 Å². The quantitative estimate of drug-likeness (QED) is 0.613. The summed E-state index contributed by atoms with van der Waals surface area (Å²) in [5, 5.41) is 5.67. The summed E-state index contributed by atoms with van der Waals surface area (Å²) >= 11 is 0. The van der Waals surface area contributed by atoms with Crippen molar-refractivity contribution in [3.8, 4) is 5.69 Å². The van der Waals surface area contributed by atoms with Gasteiger partial charge in [0.25, 0.3) is 0 Å². The van der Waals surface area contributed by atoms with Crippen LogP contribution in [0.4, 0.5) is 5.82 Å². The monoisotopic (exact) mass is 446 g/mol. The van der Waals surface area contributed by atoms with Crippen LogP contribution in [0.3, 0.4) is 0 Å². The van der Waals surface area contributed by atoms with Gasteiger partial charge < -0.3 is 14.5 Å². The third-order valence-electron chi connectivity index (χ3n) is 7.05. The third-order valence-corrected chi connectivity index (χ3v) is 7.05. The highest BCUT2D eigenvalue weighted by molar-refractivity contribution is 5.88. The van der Waals surface area contributed by atoms with Gasteiger partial charge >= 0.3 is 0 Å². The van der Waals surface area contributed by atoms with Crippen LogP contribution in [-0.4, -0.2) is 69.9 Å². The van der Waals surface area contributed by atoms with Crippen molar-refractivity contribution in [2.45, 2.75) is 38.0 Å². The van der Waals surface area contributed by atoms with Crippen LogP contribution in [0.1, 0.15) is 43.8 Å². The first kappa shape index (κ1) is 20.6. The molecule has 8 nitrogen and oxygen atoms in total. The van der Waals surface area contributed by atoms with Crippen molar-refractivity contribution in [3.63, 3.8) is 0 Å². The van der Waals surface area contributed by atoms with Gasteiger partial charge in [-0.05, 0) is 44.2 Å². The molecule has 2 aliphatic heterocycles. The lowest BCUT2D eigenvalue weighted by Gasteiger charge is -2.26. The highest BCUT2D eigenvalue weighted by Gasteiger charge is 2.34. The summed E-state index contributed by atoms with van der Waals surface area (Å²) in [5.41, 5.74) is 1.84. The van der Waals surface area contributed by atoms with E-state index in [0.29, 0.717) is 11.8 Å². The standard InChI is InChI=1S/C25H30N6O2/c32-25(19-7-8-19)30-12-4-11-29(13-14-30)23-21-17-26-31(20-5-2-1-3-6-20)24(21)28-22(27-23)18-9-15-33-16-10-18/h1-3,5-6,17-19H,4,7-16H2. The first-order valence-corrected chi connectivity index (χ1v) is 12.2. The van der Waals surface area contributed by atoms with Crippen LogP contribution in [0.25, 0.3) is 16.7 Å². The minimum Gasteiger partial charge on any atom is -0.381 e. The minimum atomic E-state index is 0.270. The Morgan fingerprint density at radius 2 is 1.76 bits per heavy atom. The Morgan fingerprint density at radius 3 is 2.55 bits per heavy atom. The average Bonchev–Trinajstić information content (AvgIpc) is 3.67. The predicted octanol–water partition coefficient (Wildman–Crippen LogP) is 3.16. The van der Waals surface area contributed by atoms with Crippen molar-refractivity contribution in [1.82, 2.24) is 24.6 Å². The van der Waals surface area contributed by atoms with E-state index in [9.17, 15) is 4.79 Å². The van der Waals surface area contributed by atoms with E-state index in [1.54, 1.807) is 0 Å². The van der Waals surface area contributed by atoms with Crippen LogP contribution in [0, 0.1) is 5.92 Å². The maximum absolute atomic E-state index is 12.6. The second kappa shape index (κ2) is 8.74. The molecule has 3 aliphatic rings. The van der Waals surface area contributed by atoms with E-state index in [1.165, 1.54) is 0 Å². The zero-order valence-electron chi connectivity index (χ0n) is 18.9. The second-order valence-corrected chi connectivity index (χ2v) is 9.36. The van der Waals surface area contributed by atoms with E-state index in [-0.39, 0.29) is 5.92 Å². The predicted molar refractivity (Wildman–Crippen MR) is 126 cm³/mol. The maximum Gasteiger partial charge on any atom is 0.225 e. The van der Waals surface area contributed by atoms with Crippen molar-refractivity contribution in [2.24, 2.45) is 5.92 Å². The van der Waals surface area contributed by atoms with Gasteiger partial charge in [0, 0.05) is 51.2 Å². The molecule has 4 heterocycles. The van der Waals surface area contributed by atoms with Crippen molar-refractivity contribution < 1.29 is 9.53 Å². The number of carbonyl (C=O) groups is 1. The molecule has 3 aromatic rings. The number of anilines is 1. The Morgan fingerprint density at radius 1 is 0.939 bits per heavy atom. The fraction of sp³-hybridized carbons (Fsp3) is 0.520. The van der Waals surface area contributed by atoms with Gasteiger partial charge in [0.2, 0.25) is 5.91 Å². The van der Waals surface area contributed by atoms with Gasteiger partial charge in [-0.2, -0.15) is 5.10 Å². The number of benzene rings is 1. The van der Waals surface area contributed by atoms with Crippen LogP contribution in [0.2, 0.25) is 0 Å². The Labute approximate surface area is 193 Å². The summed E-state index contributed by atoms with van der Waals surface area (Å²) in [7, 11) is 0. The molecular weight excluding hydrogens is 416 g/mol. The molecule has 6 rings (SSSR count). The number of aromatic nitrogens is 4. The molecule has 2 saturated heterocycles. The summed E-state index contributed by atoms with van der Waals surface area (Å²) in [5.74, 6) is 2.73. The molecule has 0 atom stereocenters. The zero-order valence-corrected chi connectivity index (χ0v) is 18.9. The number of nitrogens with zero attached hydrogens (tertiary/aromatic N) is 6. The summed E-state index contributed by atoms with van der Waals surface area (Å²) in [4.78, 5) is 27.2. The number of hydrogen-bond acceptors (Lipinski definition) is 6. The van der Waals surface area contributed by atoms with Crippen LogP contribution in [-0.2, 0) is 9.53 Å². The van der Waals surface area contributed by atoms with E-state index < -0.39 is 0 Å². The molecule has 1 aliphatic carbocycles. The molecule has 2 aromatic heterocycles. The first-order chi connectivity index (χ1) is 16.3. The highest BCUT2D eigenvalue weighted by Crippen LogP contribution is 2.33. The van der Waals surface area contributed by atoms with Crippen LogP contribution < -0.4 is 4.90 Å². The molecule has 0 spiro atoms. The van der Waals surface area contributed by atoms with Gasteiger partial charge in [-0.15, -0.1) is 0 Å². The topological polar surface area (TPSA) is 76.4 Å².